The van der Waals surface area contributed by atoms with E-state index in [4.69, 9.17) is 4.74 Å². The first kappa shape index (κ1) is 14.2. The lowest BCUT2D eigenvalue weighted by Gasteiger charge is -2.32. The highest BCUT2D eigenvalue weighted by Gasteiger charge is 2.35. The summed E-state index contributed by atoms with van der Waals surface area (Å²) in [5.74, 6) is 0.272. The fourth-order valence-corrected chi connectivity index (χ4v) is 2.59. The molecule has 1 rings (SSSR count). The molecule has 0 aliphatic heterocycles. The summed E-state index contributed by atoms with van der Waals surface area (Å²) in [4.78, 5) is 22.7. The molecule has 0 aromatic rings. The normalized spacial score (nSPS) is 20.6. The number of aldehydes is 1. The summed E-state index contributed by atoms with van der Waals surface area (Å²) in [6.07, 6.45) is 8.58. The van der Waals surface area contributed by atoms with Crippen LogP contribution < -0.4 is 0 Å². The van der Waals surface area contributed by atoms with Crippen LogP contribution in [0.4, 0.5) is 0 Å². The van der Waals surface area contributed by atoms with Crippen molar-refractivity contribution in [3.63, 3.8) is 0 Å². The van der Waals surface area contributed by atoms with Crippen LogP contribution in [0.5, 0.6) is 0 Å². The smallest absolute Gasteiger partial charge is 0.306 e. The second-order valence-electron chi connectivity index (χ2n) is 5.07. The molecule has 3 nitrogen and oxygen atoms in total. The molecule has 0 aromatic heterocycles. The molecule has 1 aliphatic carbocycles. The van der Waals surface area contributed by atoms with E-state index in [-0.39, 0.29) is 5.97 Å². The first-order valence-electron chi connectivity index (χ1n) is 6.84. The quantitative estimate of drug-likeness (QED) is 0.528. The van der Waals surface area contributed by atoms with Crippen molar-refractivity contribution in [3.05, 3.63) is 0 Å². The summed E-state index contributed by atoms with van der Waals surface area (Å²) in [6, 6.07) is 0. The van der Waals surface area contributed by atoms with Crippen molar-refractivity contribution in [1.82, 2.24) is 0 Å². The molecule has 98 valence electrons. The third-order valence-corrected chi connectivity index (χ3v) is 3.78. The van der Waals surface area contributed by atoms with Crippen LogP contribution in [0.15, 0.2) is 0 Å². The molecule has 3 heteroatoms. The Bertz CT molecular complexity index is 256. The van der Waals surface area contributed by atoms with E-state index in [1.165, 1.54) is 32.1 Å². The Hall–Kier alpha value is -0.860. The van der Waals surface area contributed by atoms with Gasteiger partial charge in [-0.3, -0.25) is 9.59 Å². The monoisotopic (exact) mass is 240 g/mol. The van der Waals surface area contributed by atoms with Crippen LogP contribution in [0, 0.1) is 5.92 Å². The standard InChI is InChI=1S/C14H24O3/c1-3-13(16)17-14(4-2,11-15)10-12-8-6-5-7-9-12/h11-12H,3-10H2,1-2H3. The molecular weight excluding hydrogens is 216 g/mol. The van der Waals surface area contributed by atoms with E-state index in [0.29, 0.717) is 25.2 Å². The minimum absolute atomic E-state index is 0.269. The topological polar surface area (TPSA) is 43.4 Å². The summed E-state index contributed by atoms with van der Waals surface area (Å²) < 4.78 is 5.38. The third-order valence-electron chi connectivity index (χ3n) is 3.78. The molecule has 0 radical (unpaired) electrons. The summed E-state index contributed by atoms with van der Waals surface area (Å²) in [6.45, 7) is 3.67. The van der Waals surface area contributed by atoms with E-state index < -0.39 is 5.60 Å². The predicted octanol–water partition coefficient (Wildman–Crippen LogP) is 3.26. The van der Waals surface area contributed by atoms with Gasteiger partial charge in [-0.1, -0.05) is 46.0 Å². The van der Waals surface area contributed by atoms with Crippen molar-refractivity contribution in [3.8, 4) is 0 Å². The number of hydrogen-bond acceptors (Lipinski definition) is 3. The van der Waals surface area contributed by atoms with Crippen molar-refractivity contribution in [2.24, 2.45) is 5.92 Å². The SMILES string of the molecule is CCC(=O)OC(C=O)(CC)CC1CCCCC1. The van der Waals surface area contributed by atoms with Crippen LogP contribution in [-0.2, 0) is 14.3 Å². The fourth-order valence-electron chi connectivity index (χ4n) is 2.59. The Morgan fingerprint density at radius 1 is 1.29 bits per heavy atom. The van der Waals surface area contributed by atoms with Crippen LogP contribution in [-0.4, -0.2) is 17.9 Å². The van der Waals surface area contributed by atoms with Gasteiger partial charge in [-0.25, -0.2) is 0 Å². The third kappa shape index (κ3) is 4.14. The highest BCUT2D eigenvalue weighted by Crippen LogP contribution is 2.33. The van der Waals surface area contributed by atoms with Gasteiger partial charge in [0.15, 0.2) is 11.9 Å². The molecule has 17 heavy (non-hydrogen) atoms. The molecule has 0 spiro atoms. The van der Waals surface area contributed by atoms with Crippen molar-refractivity contribution in [2.45, 2.75) is 70.8 Å². The molecule has 0 heterocycles. The zero-order valence-corrected chi connectivity index (χ0v) is 11.0. The largest absolute Gasteiger partial charge is 0.451 e. The van der Waals surface area contributed by atoms with Crippen molar-refractivity contribution >= 4 is 12.3 Å². The molecule has 0 amide bonds. The van der Waals surface area contributed by atoms with E-state index >= 15 is 0 Å². The number of esters is 1. The first-order valence-corrected chi connectivity index (χ1v) is 6.84. The van der Waals surface area contributed by atoms with Gasteiger partial charge in [0.25, 0.3) is 0 Å². The zero-order chi connectivity index (χ0) is 12.7. The molecule has 0 N–H and O–H groups in total. The number of carbonyl (C=O) groups is 2. The Morgan fingerprint density at radius 2 is 1.94 bits per heavy atom. The van der Waals surface area contributed by atoms with Gasteiger partial charge in [-0.2, -0.15) is 0 Å². The number of rotatable bonds is 6. The maximum Gasteiger partial charge on any atom is 0.306 e. The zero-order valence-electron chi connectivity index (χ0n) is 11.0. The average Bonchev–Trinajstić information content (AvgIpc) is 2.39. The lowest BCUT2D eigenvalue weighted by Crippen LogP contribution is -2.38. The average molecular weight is 240 g/mol. The highest BCUT2D eigenvalue weighted by molar-refractivity contribution is 5.74. The van der Waals surface area contributed by atoms with E-state index in [0.717, 1.165) is 6.29 Å². The molecule has 0 saturated heterocycles. The Labute approximate surface area is 104 Å². The van der Waals surface area contributed by atoms with Crippen LogP contribution in [0.3, 0.4) is 0 Å². The van der Waals surface area contributed by atoms with Gasteiger partial charge in [-0.15, -0.1) is 0 Å². The van der Waals surface area contributed by atoms with Gasteiger partial charge in [0.2, 0.25) is 0 Å². The van der Waals surface area contributed by atoms with Gasteiger partial charge in [0.05, 0.1) is 0 Å². The molecular formula is C14H24O3. The minimum atomic E-state index is -0.866. The number of carbonyl (C=O) groups excluding carboxylic acids is 2. The van der Waals surface area contributed by atoms with Gasteiger partial charge >= 0.3 is 5.97 Å². The first-order chi connectivity index (χ1) is 8.15. The molecule has 1 unspecified atom stereocenters. The fraction of sp³-hybridized carbons (Fsp3) is 0.857. The molecule has 1 aliphatic rings. The molecule has 1 fully saturated rings. The Kier molecular flexibility index (Phi) is 5.66. The maximum atomic E-state index is 11.4. The lowest BCUT2D eigenvalue weighted by atomic mass is 9.80. The molecule has 1 saturated carbocycles. The van der Waals surface area contributed by atoms with Gasteiger partial charge in [-0.05, 0) is 18.8 Å². The van der Waals surface area contributed by atoms with Crippen LogP contribution in [0.25, 0.3) is 0 Å². The van der Waals surface area contributed by atoms with E-state index in [1.807, 2.05) is 6.92 Å². The second-order valence-corrected chi connectivity index (χ2v) is 5.07. The Morgan fingerprint density at radius 3 is 2.41 bits per heavy atom. The van der Waals surface area contributed by atoms with E-state index in [1.54, 1.807) is 6.92 Å². The summed E-state index contributed by atoms with van der Waals surface area (Å²) >= 11 is 0. The van der Waals surface area contributed by atoms with Gasteiger partial charge in [0.1, 0.15) is 0 Å². The van der Waals surface area contributed by atoms with Gasteiger partial charge < -0.3 is 4.74 Å². The van der Waals surface area contributed by atoms with Crippen molar-refractivity contribution in [1.29, 1.82) is 0 Å². The van der Waals surface area contributed by atoms with Crippen LogP contribution in [0.1, 0.15) is 65.2 Å². The molecule has 0 bridgehead atoms. The van der Waals surface area contributed by atoms with Crippen LogP contribution in [0.2, 0.25) is 0 Å². The maximum absolute atomic E-state index is 11.4. The van der Waals surface area contributed by atoms with E-state index in [9.17, 15) is 9.59 Å². The van der Waals surface area contributed by atoms with E-state index in [2.05, 4.69) is 0 Å². The van der Waals surface area contributed by atoms with Crippen LogP contribution >= 0.6 is 0 Å². The van der Waals surface area contributed by atoms with Crippen molar-refractivity contribution < 1.29 is 14.3 Å². The number of ether oxygens (including phenoxy) is 1. The minimum Gasteiger partial charge on any atom is -0.451 e. The lowest BCUT2D eigenvalue weighted by molar-refractivity contribution is -0.165. The number of hydrogen-bond donors (Lipinski definition) is 0. The molecule has 0 aromatic carbocycles. The summed E-state index contributed by atoms with van der Waals surface area (Å²) in [5, 5.41) is 0. The van der Waals surface area contributed by atoms with Crippen molar-refractivity contribution in [2.75, 3.05) is 0 Å². The molecule has 1 atom stereocenters. The predicted molar refractivity (Wildman–Crippen MR) is 66.7 cm³/mol. The van der Waals surface area contributed by atoms with Gasteiger partial charge in [0, 0.05) is 6.42 Å². The highest BCUT2D eigenvalue weighted by atomic mass is 16.6. The summed E-state index contributed by atoms with van der Waals surface area (Å²) in [7, 11) is 0. The second kappa shape index (κ2) is 6.77. The Balaban J connectivity index is 2.62. The summed E-state index contributed by atoms with van der Waals surface area (Å²) in [5.41, 5.74) is -0.866.